The summed E-state index contributed by atoms with van der Waals surface area (Å²) in [6.07, 6.45) is 0.736. The molecule has 1 amide bonds. The van der Waals surface area contributed by atoms with Gasteiger partial charge >= 0.3 is 12.1 Å². The van der Waals surface area contributed by atoms with E-state index in [4.69, 9.17) is 9.90 Å². The van der Waals surface area contributed by atoms with Gasteiger partial charge in [0, 0.05) is 55.3 Å². The fourth-order valence-electron chi connectivity index (χ4n) is 4.97. The lowest BCUT2D eigenvalue weighted by Gasteiger charge is -2.17. The number of aryl methyl sites for hydroxylation is 1. The number of nitrogens with one attached hydrogen (secondary N) is 2. The van der Waals surface area contributed by atoms with Gasteiger partial charge in [0.05, 0.1) is 10.4 Å². The Hall–Kier alpha value is -5.35. The monoisotopic (exact) mass is 681 g/mol. The highest BCUT2D eigenvalue weighted by Gasteiger charge is 2.38. The van der Waals surface area contributed by atoms with E-state index >= 15 is 0 Å². The fourth-order valence-corrected chi connectivity index (χ4v) is 6.26. The van der Waals surface area contributed by atoms with Crippen LogP contribution in [-0.4, -0.2) is 75.1 Å². The first-order chi connectivity index (χ1) is 22.8. The van der Waals surface area contributed by atoms with Crippen LogP contribution >= 0.6 is 0 Å². The number of anilines is 1. The number of likely N-dealkylation sites (tertiary alicyclic amines) is 1. The Morgan fingerprint density at radius 2 is 1.75 bits per heavy atom. The number of amides is 1. The van der Waals surface area contributed by atoms with Gasteiger partial charge in [0.15, 0.2) is 0 Å². The topological polar surface area (TPSA) is 159 Å². The summed E-state index contributed by atoms with van der Waals surface area (Å²) in [4.78, 5) is 36.4. The molecule has 250 valence electrons. The molecule has 0 saturated carbocycles. The molecule has 0 aliphatic carbocycles. The van der Waals surface area contributed by atoms with Gasteiger partial charge in [-0.25, -0.2) is 27.9 Å². The molecule has 0 spiro atoms. The average Bonchev–Trinajstić information content (AvgIpc) is 3.72. The minimum atomic E-state index is -5.08. The molecule has 1 atom stereocenters. The minimum absolute atomic E-state index is 0.162. The maximum atomic E-state index is 13.2. The summed E-state index contributed by atoms with van der Waals surface area (Å²) < 4.78 is 62.8. The zero-order valence-electron chi connectivity index (χ0n) is 25.4. The minimum Gasteiger partial charge on any atom is -0.475 e. The van der Waals surface area contributed by atoms with Gasteiger partial charge in [-0.3, -0.25) is 9.78 Å². The van der Waals surface area contributed by atoms with Crippen molar-refractivity contribution < 1.29 is 36.3 Å². The van der Waals surface area contributed by atoms with E-state index in [1.807, 2.05) is 29.8 Å². The Morgan fingerprint density at radius 1 is 1.00 bits per heavy atom. The number of halogens is 3. The number of hydrogen-bond donors (Lipinski definition) is 3. The molecule has 1 aliphatic rings. The van der Waals surface area contributed by atoms with Gasteiger partial charge in [-0.2, -0.15) is 13.2 Å². The highest BCUT2D eigenvalue weighted by Crippen LogP contribution is 2.22. The molecule has 1 fully saturated rings. The van der Waals surface area contributed by atoms with E-state index in [9.17, 15) is 26.4 Å². The van der Waals surface area contributed by atoms with Crippen molar-refractivity contribution in [2.24, 2.45) is 0 Å². The van der Waals surface area contributed by atoms with Crippen LogP contribution in [0.2, 0.25) is 0 Å². The number of hydrogen-bond acceptors (Lipinski definition) is 8. The number of nitrogens with zero attached hydrogens (tertiary/aromatic N) is 5. The fraction of sp³-hybridized carbons (Fsp3) is 0.219. The zero-order valence-corrected chi connectivity index (χ0v) is 26.2. The summed E-state index contributed by atoms with van der Waals surface area (Å²) in [6, 6.07) is 21.6. The van der Waals surface area contributed by atoms with Crippen LogP contribution in [0.5, 0.6) is 0 Å². The number of aliphatic carboxylic acids is 1. The molecular formula is C32H30F3N7O5S. The molecule has 3 aromatic heterocycles. The maximum Gasteiger partial charge on any atom is 0.490 e. The van der Waals surface area contributed by atoms with Crippen molar-refractivity contribution in [1.29, 1.82) is 0 Å². The van der Waals surface area contributed by atoms with Crippen molar-refractivity contribution in [2.45, 2.75) is 37.0 Å². The largest absolute Gasteiger partial charge is 0.490 e. The van der Waals surface area contributed by atoms with Crippen molar-refractivity contribution in [3.8, 4) is 5.69 Å². The average molecular weight is 682 g/mol. The van der Waals surface area contributed by atoms with E-state index in [2.05, 4.69) is 49.3 Å². The zero-order chi connectivity index (χ0) is 34.5. The number of imidazole rings is 1. The molecule has 1 saturated heterocycles. The van der Waals surface area contributed by atoms with Crippen LogP contribution in [0.1, 0.15) is 28.3 Å². The lowest BCUT2D eigenvalue weighted by Crippen LogP contribution is -2.38. The van der Waals surface area contributed by atoms with Crippen molar-refractivity contribution in [3.05, 3.63) is 108 Å². The van der Waals surface area contributed by atoms with Gasteiger partial charge in [0.2, 0.25) is 10.0 Å². The lowest BCUT2D eigenvalue weighted by molar-refractivity contribution is -0.192. The lowest BCUT2D eigenvalue weighted by atomic mass is 10.2. The molecule has 1 aliphatic heterocycles. The second-order valence-corrected chi connectivity index (χ2v) is 12.5. The molecule has 4 heterocycles. The predicted molar refractivity (Wildman–Crippen MR) is 170 cm³/mol. The third-order valence-electron chi connectivity index (χ3n) is 7.41. The summed E-state index contributed by atoms with van der Waals surface area (Å²) >= 11 is 0. The number of carbonyl (C=O) groups is 2. The number of sulfonamides is 1. The van der Waals surface area contributed by atoms with Crippen LogP contribution in [0.4, 0.5) is 19.0 Å². The van der Waals surface area contributed by atoms with E-state index in [0.29, 0.717) is 43.1 Å². The summed E-state index contributed by atoms with van der Waals surface area (Å²) in [5, 5.41) is 11.2. The van der Waals surface area contributed by atoms with Crippen LogP contribution < -0.4 is 10.0 Å². The number of fused-ring (bicyclic) bond motifs is 1. The molecule has 0 radical (unpaired) electrons. The van der Waals surface area contributed by atoms with E-state index in [-0.39, 0.29) is 16.8 Å². The number of rotatable bonds is 8. The molecule has 12 nitrogen and oxygen atoms in total. The number of alkyl halides is 3. The summed E-state index contributed by atoms with van der Waals surface area (Å²) in [5.74, 6) is -1.33. The summed E-state index contributed by atoms with van der Waals surface area (Å²) in [6.45, 7) is 3.33. The standard InChI is InChI=1S/C30H29N7O3S.C2HF3O2/c1-21-31-15-17-37(21)25-8-5-22(6-9-25)19-33-29-12-7-23-18-26(10-11-27(23)34-29)41(39,40)35-24-13-16-36(20-24)30(38)28-4-2-3-14-32-28;3-2(4,5)1(6)7/h2-12,14-15,17-18,24,35H,13,16,19-20H2,1H3,(H,33,34);(H,6,7). The molecule has 5 aromatic rings. The first-order valence-corrected chi connectivity index (χ1v) is 16.1. The number of pyridine rings is 2. The highest BCUT2D eigenvalue weighted by atomic mass is 32.2. The molecule has 3 N–H and O–H groups in total. The molecule has 6 rings (SSSR count). The highest BCUT2D eigenvalue weighted by molar-refractivity contribution is 7.89. The molecular weight excluding hydrogens is 651 g/mol. The third-order valence-corrected chi connectivity index (χ3v) is 8.93. The van der Waals surface area contributed by atoms with Crippen molar-refractivity contribution >= 4 is 38.6 Å². The molecule has 48 heavy (non-hydrogen) atoms. The number of carboxylic acids is 1. The third kappa shape index (κ3) is 8.32. The second kappa shape index (κ2) is 14.2. The first-order valence-electron chi connectivity index (χ1n) is 14.6. The summed E-state index contributed by atoms with van der Waals surface area (Å²) in [5.41, 5.74) is 3.20. The van der Waals surface area contributed by atoms with Gasteiger partial charge in [0.25, 0.3) is 5.91 Å². The number of carboxylic acid groups (broad SMARTS) is 1. The van der Waals surface area contributed by atoms with Gasteiger partial charge in [0.1, 0.15) is 17.3 Å². The smallest absolute Gasteiger partial charge is 0.475 e. The Morgan fingerprint density at radius 3 is 2.40 bits per heavy atom. The Bertz CT molecular complexity index is 2020. The number of benzene rings is 2. The van der Waals surface area contributed by atoms with Crippen LogP contribution in [0.3, 0.4) is 0 Å². The van der Waals surface area contributed by atoms with Crippen LogP contribution in [0, 0.1) is 6.92 Å². The van der Waals surface area contributed by atoms with E-state index in [0.717, 1.165) is 22.5 Å². The van der Waals surface area contributed by atoms with Crippen LogP contribution in [0.15, 0.2) is 96.3 Å². The molecule has 0 bridgehead atoms. The van der Waals surface area contributed by atoms with Crippen molar-refractivity contribution in [1.82, 2.24) is 29.1 Å². The Kier molecular flexibility index (Phi) is 10.0. The first kappa shape index (κ1) is 34.0. The van der Waals surface area contributed by atoms with Crippen molar-refractivity contribution in [2.75, 3.05) is 18.4 Å². The quantitative estimate of drug-likeness (QED) is 0.213. The molecule has 1 unspecified atom stereocenters. The molecule has 16 heteroatoms. The van der Waals surface area contributed by atoms with Crippen LogP contribution in [-0.2, 0) is 21.4 Å². The van der Waals surface area contributed by atoms with E-state index < -0.39 is 22.2 Å². The summed E-state index contributed by atoms with van der Waals surface area (Å²) in [7, 11) is -3.78. The van der Waals surface area contributed by atoms with Gasteiger partial charge < -0.3 is 19.9 Å². The van der Waals surface area contributed by atoms with Crippen molar-refractivity contribution in [3.63, 3.8) is 0 Å². The van der Waals surface area contributed by atoms with Gasteiger partial charge in [-0.15, -0.1) is 0 Å². The SMILES string of the molecule is Cc1nccn1-c1ccc(CNc2ccc3cc(S(=O)(=O)NC4CCN(C(=O)c5ccccn5)C4)ccc3n2)cc1.O=C(O)C(F)(F)F. The molecule has 2 aromatic carbocycles. The number of carbonyl (C=O) groups excluding carboxylic acids is 1. The van der Waals surface area contributed by atoms with Gasteiger partial charge in [-0.05, 0) is 73.5 Å². The van der Waals surface area contributed by atoms with E-state index in [1.54, 1.807) is 53.7 Å². The maximum absolute atomic E-state index is 13.2. The second-order valence-electron chi connectivity index (χ2n) is 10.8. The Labute approximate surface area is 273 Å². The Balaban J connectivity index is 0.000000582. The van der Waals surface area contributed by atoms with Gasteiger partial charge in [-0.1, -0.05) is 18.2 Å². The van der Waals surface area contributed by atoms with E-state index in [1.165, 1.54) is 0 Å². The predicted octanol–water partition coefficient (Wildman–Crippen LogP) is 4.56. The van der Waals surface area contributed by atoms with Crippen LogP contribution in [0.25, 0.3) is 16.6 Å². The normalized spacial score (nSPS) is 14.8. The number of aromatic nitrogens is 4.